The average molecular weight is 377 g/mol. The Morgan fingerprint density at radius 3 is 2.96 bits per heavy atom. The van der Waals surface area contributed by atoms with Crippen LogP contribution in [-0.2, 0) is 18.4 Å². The van der Waals surface area contributed by atoms with Gasteiger partial charge in [-0.1, -0.05) is 23.9 Å². The standard InChI is InChI=1S/C17H16FN3O2S2/c1-10-3-4-11(7-12(10)18)8-19-14(22)9-25-17-20-13-5-6-24-15(13)16(23)21(17)2/h3-7H,8-9H2,1-2H3,(H,19,22). The summed E-state index contributed by atoms with van der Waals surface area (Å²) in [7, 11) is 1.64. The highest BCUT2D eigenvalue weighted by atomic mass is 32.2. The van der Waals surface area contributed by atoms with Crippen molar-refractivity contribution in [3.05, 3.63) is 56.9 Å². The van der Waals surface area contributed by atoms with E-state index in [2.05, 4.69) is 10.3 Å². The number of nitrogens with one attached hydrogen (secondary N) is 1. The van der Waals surface area contributed by atoms with Crippen LogP contribution in [0.4, 0.5) is 4.39 Å². The summed E-state index contributed by atoms with van der Waals surface area (Å²) >= 11 is 2.55. The molecule has 0 unspecified atom stereocenters. The predicted octanol–water partition coefficient (Wildman–Crippen LogP) is 2.85. The molecule has 0 fully saturated rings. The van der Waals surface area contributed by atoms with E-state index in [-0.39, 0.29) is 29.6 Å². The minimum atomic E-state index is -0.288. The van der Waals surface area contributed by atoms with E-state index in [1.807, 2.05) is 5.38 Å². The maximum Gasteiger partial charge on any atom is 0.271 e. The van der Waals surface area contributed by atoms with Crippen LogP contribution in [0.25, 0.3) is 10.2 Å². The summed E-state index contributed by atoms with van der Waals surface area (Å²) < 4.78 is 15.6. The molecular formula is C17H16FN3O2S2. The fraction of sp³-hybridized carbons (Fsp3) is 0.235. The molecule has 0 bridgehead atoms. The molecule has 2 heterocycles. The lowest BCUT2D eigenvalue weighted by Crippen LogP contribution is -2.25. The number of thiophene rings is 1. The van der Waals surface area contributed by atoms with E-state index >= 15 is 0 Å². The van der Waals surface area contributed by atoms with Gasteiger partial charge in [0.15, 0.2) is 5.16 Å². The Hall–Kier alpha value is -2.19. The molecule has 1 N–H and O–H groups in total. The summed E-state index contributed by atoms with van der Waals surface area (Å²) in [5, 5.41) is 5.06. The zero-order chi connectivity index (χ0) is 18.0. The summed E-state index contributed by atoms with van der Waals surface area (Å²) in [5.74, 6) is -0.361. The summed E-state index contributed by atoms with van der Waals surface area (Å²) in [6.07, 6.45) is 0. The van der Waals surface area contributed by atoms with Crippen molar-refractivity contribution in [1.29, 1.82) is 0 Å². The second-order valence-electron chi connectivity index (χ2n) is 5.54. The molecule has 25 heavy (non-hydrogen) atoms. The Bertz CT molecular complexity index is 997. The molecule has 0 saturated heterocycles. The molecule has 0 radical (unpaired) electrons. The molecule has 3 rings (SSSR count). The van der Waals surface area contributed by atoms with E-state index < -0.39 is 0 Å². The lowest BCUT2D eigenvalue weighted by atomic mass is 10.1. The van der Waals surface area contributed by atoms with Gasteiger partial charge in [0.25, 0.3) is 5.56 Å². The average Bonchev–Trinajstić information content (AvgIpc) is 3.06. The molecule has 0 aliphatic carbocycles. The first-order chi connectivity index (χ1) is 12.0. The highest BCUT2D eigenvalue weighted by Crippen LogP contribution is 2.20. The number of halogens is 1. The zero-order valence-electron chi connectivity index (χ0n) is 13.7. The van der Waals surface area contributed by atoms with Crippen molar-refractivity contribution in [2.24, 2.45) is 7.05 Å². The van der Waals surface area contributed by atoms with E-state index in [0.29, 0.717) is 26.5 Å². The Labute approximate surface area is 151 Å². The van der Waals surface area contributed by atoms with Gasteiger partial charge in [0.1, 0.15) is 10.5 Å². The number of amides is 1. The molecular weight excluding hydrogens is 361 g/mol. The van der Waals surface area contributed by atoms with Gasteiger partial charge in [0.2, 0.25) is 5.91 Å². The van der Waals surface area contributed by atoms with E-state index in [0.717, 1.165) is 0 Å². The van der Waals surface area contributed by atoms with Gasteiger partial charge in [-0.25, -0.2) is 9.37 Å². The smallest absolute Gasteiger partial charge is 0.271 e. The largest absolute Gasteiger partial charge is 0.351 e. The summed E-state index contributed by atoms with van der Waals surface area (Å²) in [6.45, 7) is 1.95. The van der Waals surface area contributed by atoms with Crippen LogP contribution in [0.15, 0.2) is 39.6 Å². The van der Waals surface area contributed by atoms with Crippen LogP contribution in [-0.4, -0.2) is 21.2 Å². The molecule has 0 atom stereocenters. The Morgan fingerprint density at radius 2 is 2.20 bits per heavy atom. The summed E-state index contributed by atoms with van der Waals surface area (Å²) in [6, 6.07) is 6.67. The minimum absolute atomic E-state index is 0.113. The van der Waals surface area contributed by atoms with Gasteiger partial charge in [-0.3, -0.25) is 14.2 Å². The quantitative estimate of drug-likeness (QED) is 0.549. The van der Waals surface area contributed by atoms with Crippen molar-refractivity contribution in [2.45, 2.75) is 18.6 Å². The van der Waals surface area contributed by atoms with E-state index in [9.17, 15) is 14.0 Å². The topological polar surface area (TPSA) is 64.0 Å². The van der Waals surface area contributed by atoms with E-state index in [1.165, 1.54) is 33.7 Å². The van der Waals surface area contributed by atoms with Gasteiger partial charge in [0.05, 0.1) is 11.3 Å². The molecule has 5 nitrogen and oxygen atoms in total. The third-order valence-electron chi connectivity index (χ3n) is 3.70. The Kier molecular flexibility index (Phi) is 5.19. The van der Waals surface area contributed by atoms with Gasteiger partial charge < -0.3 is 5.32 Å². The number of benzene rings is 1. The van der Waals surface area contributed by atoms with Crippen molar-refractivity contribution in [1.82, 2.24) is 14.9 Å². The number of aryl methyl sites for hydroxylation is 1. The lowest BCUT2D eigenvalue weighted by molar-refractivity contribution is -0.118. The van der Waals surface area contributed by atoms with Crippen LogP contribution in [0.1, 0.15) is 11.1 Å². The Balaban J connectivity index is 1.61. The molecule has 1 amide bonds. The van der Waals surface area contributed by atoms with Crippen LogP contribution in [0, 0.1) is 12.7 Å². The highest BCUT2D eigenvalue weighted by molar-refractivity contribution is 7.99. The molecule has 1 aromatic carbocycles. The molecule has 0 aliphatic rings. The molecule has 2 aromatic heterocycles. The first-order valence-electron chi connectivity index (χ1n) is 7.54. The number of thioether (sulfide) groups is 1. The number of hydrogen-bond donors (Lipinski definition) is 1. The van der Waals surface area contributed by atoms with Crippen LogP contribution < -0.4 is 10.9 Å². The number of carbonyl (C=O) groups is 1. The maximum absolute atomic E-state index is 13.5. The normalized spacial score (nSPS) is 11.0. The summed E-state index contributed by atoms with van der Waals surface area (Å²) in [5.41, 5.74) is 1.80. The second-order valence-corrected chi connectivity index (χ2v) is 7.40. The van der Waals surface area contributed by atoms with Crippen molar-refractivity contribution in [2.75, 3.05) is 5.75 Å². The molecule has 0 saturated carbocycles. The van der Waals surface area contributed by atoms with Crippen molar-refractivity contribution in [3.8, 4) is 0 Å². The van der Waals surface area contributed by atoms with Crippen molar-refractivity contribution >= 4 is 39.2 Å². The number of nitrogens with zero attached hydrogens (tertiary/aromatic N) is 2. The van der Waals surface area contributed by atoms with Crippen LogP contribution in [0.2, 0.25) is 0 Å². The van der Waals surface area contributed by atoms with Crippen LogP contribution in [0.3, 0.4) is 0 Å². The number of rotatable bonds is 5. The van der Waals surface area contributed by atoms with E-state index in [1.54, 1.807) is 32.2 Å². The molecule has 3 aromatic rings. The fourth-order valence-electron chi connectivity index (χ4n) is 2.23. The minimum Gasteiger partial charge on any atom is -0.351 e. The molecule has 8 heteroatoms. The number of carbonyl (C=O) groups excluding carboxylic acids is 1. The first kappa shape index (κ1) is 17.6. The first-order valence-corrected chi connectivity index (χ1v) is 9.41. The third-order valence-corrected chi connectivity index (χ3v) is 5.63. The number of hydrogen-bond acceptors (Lipinski definition) is 5. The van der Waals surface area contributed by atoms with E-state index in [4.69, 9.17) is 0 Å². The number of fused-ring (bicyclic) bond motifs is 1. The van der Waals surface area contributed by atoms with Gasteiger partial charge in [-0.2, -0.15) is 0 Å². The van der Waals surface area contributed by atoms with Crippen molar-refractivity contribution < 1.29 is 9.18 Å². The van der Waals surface area contributed by atoms with Crippen molar-refractivity contribution in [3.63, 3.8) is 0 Å². The van der Waals surface area contributed by atoms with Gasteiger partial charge in [-0.05, 0) is 35.6 Å². The lowest BCUT2D eigenvalue weighted by Gasteiger charge is -2.08. The fourth-order valence-corrected chi connectivity index (χ4v) is 3.83. The second kappa shape index (κ2) is 7.37. The maximum atomic E-state index is 13.5. The molecule has 0 aliphatic heterocycles. The molecule has 130 valence electrons. The SMILES string of the molecule is Cc1ccc(CNC(=O)CSc2nc3ccsc3c(=O)n2C)cc1F. The van der Waals surface area contributed by atoms with Gasteiger partial charge in [-0.15, -0.1) is 11.3 Å². The highest BCUT2D eigenvalue weighted by Gasteiger charge is 2.11. The van der Waals surface area contributed by atoms with Gasteiger partial charge >= 0.3 is 0 Å². The molecule has 0 spiro atoms. The van der Waals surface area contributed by atoms with Crippen LogP contribution >= 0.6 is 23.1 Å². The van der Waals surface area contributed by atoms with Crippen LogP contribution in [0.5, 0.6) is 0 Å². The predicted molar refractivity (Wildman–Crippen MR) is 98.6 cm³/mol. The Morgan fingerprint density at radius 1 is 1.40 bits per heavy atom. The monoisotopic (exact) mass is 377 g/mol. The third kappa shape index (κ3) is 3.91. The number of aromatic nitrogens is 2. The summed E-state index contributed by atoms with van der Waals surface area (Å²) in [4.78, 5) is 28.6. The van der Waals surface area contributed by atoms with Gasteiger partial charge in [0, 0.05) is 13.6 Å². The zero-order valence-corrected chi connectivity index (χ0v) is 15.3.